The number of nitrogens with one attached hydrogen (secondary N) is 2. The molecule has 2 aromatic rings. The Morgan fingerprint density at radius 2 is 2.11 bits per heavy atom. The van der Waals surface area contributed by atoms with Crippen LogP contribution in [0.3, 0.4) is 0 Å². The molecule has 4 atom stereocenters. The summed E-state index contributed by atoms with van der Waals surface area (Å²) in [5.74, 6) is 0.910. The summed E-state index contributed by atoms with van der Waals surface area (Å²) >= 11 is 1.75. The van der Waals surface area contributed by atoms with Gasteiger partial charge in [0.2, 0.25) is 5.91 Å². The summed E-state index contributed by atoms with van der Waals surface area (Å²) < 4.78 is 0. The van der Waals surface area contributed by atoms with Crippen LogP contribution in [0.25, 0.3) is 0 Å². The lowest BCUT2D eigenvalue weighted by Crippen LogP contribution is -2.62. The van der Waals surface area contributed by atoms with E-state index < -0.39 is 0 Å². The molecule has 1 aliphatic heterocycles. The Kier molecular flexibility index (Phi) is 5.48. The maximum absolute atomic E-state index is 12.2. The predicted molar refractivity (Wildman–Crippen MR) is 107 cm³/mol. The highest BCUT2D eigenvalue weighted by Crippen LogP contribution is 2.42. The van der Waals surface area contributed by atoms with Crippen LogP contribution in [0.5, 0.6) is 0 Å². The van der Waals surface area contributed by atoms with Crippen LogP contribution < -0.4 is 16.6 Å². The molecule has 2 aliphatic rings. The van der Waals surface area contributed by atoms with Gasteiger partial charge >= 0.3 is 0 Å². The third kappa shape index (κ3) is 4.03. The Labute approximate surface area is 164 Å². The molecule has 1 saturated carbocycles. The van der Waals surface area contributed by atoms with Crippen LogP contribution in [0.4, 0.5) is 0 Å². The molecular formula is C21H26N4OS. The molecule has 4 N–H and O–H groups in total. The molecule has 1 saturated heterocycles. The average Bonchev–Trinajstić information content (AvgIpc) is 2.68. The van der Waals surface area contributed by atoms with Crippen molar-refractivity contribution < 1.29 is 4.79 Å². The highest BCUT2D eigenvalue weighted by molar-refractivity contribution is 7.99. The highest BCUT2D eigenvalue weighted by Gasteiger charge is 2.42. The van der Waals surface area contributed by atoms with Crippen molar-refractivity contribution in [3.63, 3.8) is 0 Å². The summed E-state index contributed by atoms with van der Waals surface area (Å²) in [4.78, 5) is 19.1. The molecule has 27 heavy (non-hydrogen) atoms. The average molecular weight is 383 g/mol. The summed E-state index contributed by atoms with van der Waals surface area (Å²) in [5.41, 5.74) is 14.4. The summed E-state index contributed by atoms with van der Waals surface area (Å²) in [5, 5.41) is 0. The molecule has 1 amide bonds. The van der Waals surface area contributed by atoms with E-state index in [-0.39, 0.29) is 23.8 Å². The minimum atomic E-state index is 0.0776. The van der Waals surface area contributed by atoms with Crippen LogP contribution in [0.15, 0.2) is 52.5 Å². The molecule has 0 radical (unpaired) electrons. The van der Waals surface area contributed by atoms with Crippen molar-refractivity contribution in [3.05, 3.63) is 53.9 Å². The van der Waals surface area contributed by atoms with Crippen LogP contribution in [0.2, 0.25) is 0 Å². The molecule has 142 valence electrons. The van der Waals surface area contributed by atoms with Gasteiger partial charge in [-0.25, -0.2) is 5.43 Å². The first-order valence-electron chi connectivity index (χ1n) is 9.59. The van der Waals surface area contributed by atoms with Crippen LogP contribution in [0.1, 0.15) is 36.3 Å². The number of hydrogen-bond donors (Lipinski definition) is 3. The number of hydrogen-bond acceptors (Lipinski definition) is 5. The number of carbonyl (C=O) groups is 1. The molecule has 1 aliphatic carbocycles. The number of hydrazine groups is 1. The molecule has 2 heterocycles. The van der Waals surface area contributed by atoms with E-state index in [1.807, 2.05) is 12.4 Å². The second kappa shape index (κ2) is 8.00. The van der Waals surface area contributed by atoms with Crippen LogP contribution >= 0.6 is 11.8 Å². The van der Waals surface area contributed by atoms with Gasteiger partial charge in [-0.05, 0) is 61.8 Å². The number of benzene rings is 1. The minimum Gasteiger partial charge on any atom is -0.329 e. The topological polar surface area (TPSA) is 80.0 Å². The zero-order chi connectivity index (χ0) is 18.8. The first kappa shape index (κ1) is 18.5. The smallest absolute Gasteiger partial charge is 0.237 e. The number of aryl methyl sites for hydroxylation is 1. The van der Waals surface area contributed by atoms with Gasteiger partial charge in [0.05, 0.1) is 0 Å². The van der Waals surface area contributed by atoms with Crippen molar-refractivity contribution in [2.75, 3.05) is 6.54 Å². The van der Waals surface area contributed by atoms with Gasteiger partial charge in [-0.15, -0.1) is 0 Å². The molecule has 1 aromatic heterocycles. The van der Waals surface area contributed by atoms with Crippen molar-refractivity contribution in [1.29, 1.82) is 0 Å². The van der Waals surface area contributed by atoms with Gasteiger partial charge in [-0.2, -0.15) is 0 Å². The van der Waals surface area contributed by atoms with Gasteiger partial charge in [-0.3, -0.25) is 15.2 Å². The number of aromatic nitrogens is 1. The van der Waals surface area contributed by atoms with E-state index in [2.05, 4.69) is 53.1 Å². The zero-order valence-corrected chi connectivity index (χ0v) is 16.3. The monoisotopic (exact) mass is 382 g/mol. The summed E-state index contributed by atoms with van der Waals surface area (Å²) in [6, 6.07) is 10.9. The quantitative estimate of drug-likeness (QED) is 0.757. The zero-order valence-electron chi connectivity index (χ0n) is 15.5. The number of nitrogens with zero attached hydrogens (tertiary/aromatic N) is 1. The van der Waals surface area contributed by atoms with E-state index in [9.17, 15) is 4.79 Å². The fourth-order valence-electron chi connectivity index (χ4n) is 4.41. The summed E-state index contributed by atoms with van der Waals surface area (Å²) in [6.07, 6.45) is 6.83. The van der Waals surface area contributed by atoms with Crippen LogP contribution in [-0.4, -0.2) is 23.5 Å². The number of rotatable bonds is 4. The van der Waals surface area contributed by atoms with Gasteiger partial charge in [0.1, 0.15) is 0 Å². The SMILES string of the molecule is Cc1cccc(Sc2cncc(C3CCC4C(=O)NNC(CN)C4C3)c2)c1. The second-order valence-electron chi connectivity index (χ2n) is 7.63. The number of nitrogens with two attached hydrogens (primary N) is 1. The van der Waals surface area contributed by atoms with Gasteiger partial charge in [0.15, 0.2) is 0 Å². The van der Waals surface area contributed by atoms with E-state index in [0.29, 0.717) is 12.5 Å². The van der Waals surface area contributed by atoms with Gasteiger partial charge in [0.25, 0.3) is 0 Å². The Morgan fingerprint density at radius 1 is 1.22 bits per heavy atom. The van der Waals surface area contributed by atoms with Crippen molar-refractivity contribution >= 4 is 17.7 Å². The molecule has 2 fully saturated rings. The fraction of sp³-hybridized carbons (Fsp3) is 0.429. The predicted octanol–water partition coefficient (Wildman–Crippen LogP) is 3.00. The molecular weight excluding hydrogens is 356 g/mol. The van der Waals surface area contributed by atoms with E-state index in [0.717, 1.165) is 24.2 Å². The maximum Gasteiger partial charge on any atom is 0.237 e. The molecule has 4 rings (SSSR count). The second-order valence-corrected chi connectivity index (χ2v) is 8.78. The van der Waals surface area contributed by atoms with Crippen LogP contribution in [-0.2, 0) is 4.79 Å². The number of fused-ring (bicyclic) bond motifs is 1. The van der Waals surface area contributed by atoms with Crippen molar-refractivity contribution in [2.45, 2.75) is 47.9 Å². The van der Waals surface area contributed by atoms with E-state index in [1.54, 1.807) is 11.8 Å². The lowest BCUT2D eigenvalue weighted by molar-refractivity contribution is -0.133. The molecule has 5 nitrogen and oxygen atoms in total. The maximum atomic E-state index is 12.2. The number of pyridine rings is 1. The molecule has 6 heteroatoms. The Bertz CT molecular complexity index is 827. The third-order valence-corrected chi connectivity index (χ3v) is 6.77. The van der Waals surface area contributed by atoms with Crippen LogP contribution in [0, 0.1) is 18.8 Å². The van der Waals surface area contributed by atoms with Crippen molar-refractivity contribution in [2.24, 2.45) is 17.6 Å². The standard InChI is InChI=1S/C21H26N4OS/c1-13-3-2-4-16(7-13)27-17-8-15(11-23-12-17)14-5-6-18-19(9-14)20(10-22)24-25-21(18)26/h2-4,7-8,11-12,14,18-20,24H,5-6,9-10,22H2,1H3,(H,25,26). The van der Waals surface area contributed by atoms with E-state index >= 15 is 0 Å². The van der Waals surface area contributed by atoms with Gasteiger partial charge < -0.3 is 5.73 Å². The lowest BCUT2D eigenvalue weighted by Gasteiger charge is -2.43. The Balaban J connectivity index is 1.51. The first-order chi connectivity index (χ1) is 13.1. The Hall–Kier alpha value is -1.89. The normalized spacial score (nSPS) is 27.7. The van der Waals surface area contributed by atoms with E-state index in [1.165, 1.54) is 16.0 Å². The lowest BCUT2D eigenvalue weighted by atomic mass is 9.68. The van der Waals surface area contributed by atoms with Crippen molar-refractivity contribution in [1.82, 2.24) is 15.8 Å². The molecule has 4 unspecified atom stereocenters. The van der Waals surface area contributed by atoms with Gasteiger partial charge in [0, 0.05) is 40.7 Å². The number of carbonyl (C=O) groups excluding carboxylic acids is 1. The van der Waals surface area contributed by atoms with Crippen molar-refractivity contribution in [3.8, 4) is 0 Å². The highest BCUT2D eigenvalue weighted by atomic mass is 32.2. The van der Waals surface area contributed by atoms with E-state index in [4.69, 9.17) is 5.73 Å². The fourth-order valence-corrected chi connectivity index (χ4v) is 5.38. The summed E-state index contributed by atoms with van der Waals surface area (Å²) in [7, 11) is 0. The Morgan fingerprint density at radius 3 is 2.93 bits per heavy atom. The summed E-state index contributed by atoms with van der Waals surface area (Å²) in [6.45, 7) is 2.65. The largest absolute Gasteiger partial charge is 0.329 e. The molecule has 0 spiro atoms. The number of amides is 1. The first-order valence-corrected chi connectivity index (χ1v) is 10.4. The third-order valence-electron chi connectivity index (χ3n) is 5.82. The molecule has 0 bridgehead atoms. The minimum absolute atomic E-state index is 0.0776. The molecule has 1 aromatic carbocycles. The van der Waals surface area contributed by atoms with Gasteiger partial charge in [-0.1, -0.05) is 29.5 Å².